The molecule has 0 unspecified atom stereocenters. The lowest BCUT2D eigenvalue weighted by Gasteiger charge is -2.07. The van der Waals surface area contributed by atoms with Gasteiger partial charge in [-0.3, -0.25) is 14.9 Å². The van der Waals surface area contributed by atoms with Gasteiger partial charge in [-0.05, 0) is 29.3 Å². The van der Waals surface area contributed by atoms with E-state index in [0.29, 0.717) is 5.56 Å². The fourth-order valence-electron chi connectivity index (χ4n) is 2.93. The summed E-state index contributed by atoms with van der Waals surface area (Å²) in [6.45, 7) is 1.92. The summed E-state index contributed by atoms with van der Waals surface area (Å²) in [5, 5.41) is 26.9. The third-order valence-electron chi connectivity index (χ3n) is 4.21. The first-order valence-electron chi connectivity index (χ1n) is 8.92. The first kappa shape index (κ1) is 19.8. The molecule has 0 saturated heterocycles. The number of carbonyl (C=O) groups is 1. The van der Waals surface area contributed by atoms with Crippen LogP contribution >= 0.6 is 0 Å². The average molecular weight is 393 g/mol. The van der Waals surface area contributed by atoms with Gasteiger partial charge in [0.05, 0.1) is 24.2 Å². The number of nitro benzene ring substituents is 1. The molecule has 3 aromatic carbocycles. The third-order valence-corrected chi connectivity index (χ3v) is 4.21. The smallest absolute Gasteiger partial charge is 0.315 e. The van der Waals surface area contributed by atoms with Crippen molar-refractivity contribution in [3.8, 4) is 11.5 Å². The normalized spacial score (nSPS) is 10.9. The predicted molar refractivity (Wildman–Crippen MR) is 109 cm³/mol. The van der Waals surface area contributed by atoms with E-state index in [1.807, 2.05) is 42.5 Å². The van der Waals surface area contributed by atoms with E-state index in [4.69, 9.17) is 4.74 Å². The van der Waals surface area contributed by atoms with Crippen molar-refractivity contribution < 1.29 is 19.6 Å². The Morgan fingerprint density at radius 1 is 1.24 bits per heavy atom. The SMILES string of the molecule is CCOc1cc(C=NNC(=O)Cc2cccc3ccccc23)cc([N+](=O)[O-])c1O. The number of carbonyl (C=O) groups excluding carboxylic acids is 1. The molecule has 0 atom stereocenters. The molecule has 2 N–H and O–H groups in total. The van der Waals surface area contributed by atoms with Crippen LogP contribution in [0.4, 0.5) is 5.69 Å². The Kier molecular flexibility index (Phi) is 6.03. The predicted octanol–water partition coefficient (Wildman–Crippen LogP) is 3.55. The highest BCUT2D eigenvalue weighted by atomic mass is 16.6. The quantitative estimate of drug-likeness (QED) is 0.362. The van der Waals surface area contributed by atoms with Gasteiger partial charge in [0, 0.05) is 11.6 Å². The molecule has 0 fully saturated rings. The van der Waals surface area contributed by atoms with Crippen molar-refractivity contribution in [3.63, 3.8) is 0 Å². The number of aromatic hydroxyl groups is 1. The number of amides is 1. The van der Waals surface area contributed by atoms with Crippen LogP contribution in [0.15, 0.2) is 59.7 Å². The van der Waals surface area contributed by atoms with Crippen LogP contribution in [0.1, 0.15) is 18.1 Å². The number of ether oxygens (including phenoxy) is 1. The summed E-state index contributed by atoms with van der Waals surface area (Å²) in [4.78, 5) is 22.6. The van der Waals surface area contributed by atoms with Crippen molar-refractivity contribution in [2.24, 2.45) is 5.10 Å². The Bertz CT molecular complexity index is 1090. The zero-order valence-corrected chi connectivity index (χ0v) is 15.7. The minimum absolute atomic E-state index is 0.0229. The maximum absolute atomic E-state index is 12.2. The third kappa shape index (κ3) is 4.67. The molecule has 0 aliphatic carbocycles. The lowest BCUT2D eigenvalue weighted by Crippen LogP contribution is -2.19. The van der Waals surface area contributed by atoms with Crippen LogP contribution in [0.5, 0.6) is 11.5 Å². The van der Waals surface area contributed by atoms with E-state index >= 15 is 0 Å². The van der Waals surface area contributed by atoms with Crippen molar-refractivity contribution >= 4 is 28.6 Å². The molecule has 29 heavy (non-hydrogen) atoms. The largest absolute Gasteiger partial charge is 0.500 e. The van der Waals surface area contributed by atoms with Gasteiger partial charge in [0.2, 0.25) is 11.7 Å². The highest BCUT2D eigenvalue weighted by Crippen LogP contribution is 2.36. The summed E-state index contributed by atoms with van der Waals surface area (Å²) in [5.41, 5.74) is 3.09. The molecule has 8 heteroatoms. The van der Waals surface area contributed by atoms with Crippen molar-refractivity contribution in [1.82, 2.24) is 5.43 Å². The molecule has 148 valence electrons. The molecule has 8 nitrogen and oxygen atoms in total. The minimum Gasteiger partial charge on any atom is -0.500 e. The molecule has 0 aromatic heterocycles. The number of benzene rings is 3. The summed E-state index contributed by atoms with van der Waals surface area (Å²) < 4.78 is 5.21. The number of rotatable bonds is 7. The minimum atomic E-state index is -0.714. The number of nitrogens with one attached hydrogen (secondary N) is 1. The number of phenols is 1. The van der Waals surface area contributed by atoms with Gasteiger partial charge in [-0.2, -0.15) is 5.10 Å². The topological polar surface area (TPSA) is 114 Å². The molecule has 0 bridgehead atoms. The van der Waals surface area contributed by atoms with Gasteiger partial charge in [-0.25, -0.2) is 5.43 Å². The van der Waals surface area contributed by atoms with Crippen LogP contribution < -0.4 is 10.2 Å². The molecule has 3 aromatic rings. The molecule has 0 heterocycles. The number of hydrazone groups is 1. The maximum Gasteiger partial charge on any atom is 0.315 e. The van der Waals surface area contributed by atoms with Gasteiger partial charge in [-0.1, -0.05) is 42.5 Å². The first-order chi connectivity index (χ1) is 14.0. The van der Waals surface area contributed by atoms with Gasteiger partial charge in [0.25, 0.3) is 0 Å². The number of fused-ring (bicyclic) bond motifs is 1. The van der Waals surface area contributed by atoms with Crippen molar-refractivity contribution in [3.05, 3.63) is 75.8 Å². The zero-order valence-electron chi connectivity index (χ0n) is 15.7. The molecule has 1 amide bonds. The standard InChI is InChI=1S/C21H19N3O5/c1-2-29-19-11-14(10-18(21(19)26)24(27)28)13-22-23-20(25)12-16-8-5-7-15-6-3-4-9-17(15)16/h3-11,13,26H,2,12H2,1H3,(H,23,25). The van der Waals surface area contributed by atoms with Gasteiger partial charge in [0.1, 0.15) is 0 Å². The fourth-order valence-corrected chi connectivity index (χ4v) is 2.93. The second-order valence-corrected chi connectivity index (χ2v) is 6.19. The van der Waals surface area contributed by atoms with Gasteiger partial charge >= 0.3 is 5.69 Å². The van der Waals surface area contributed by atoms with Crippen molar-refractivity contribution in [1.29, 1.82) is 0 Å². The van der Waals surface area contributed by atoms with E-state index in [-0.39, 0.29) is 24.7 Å². The molecule has 0 aliphatic rings. The second-order valence-electron chi connectivity index (χ2n) is 6.19. The molecular formula is C21H19N3O5. The van der Waals surface area contributed by atoms with Gasteiger partial charge in [0.15, 0.2) is 5.75 Å². The molecule has 3 rings (SSSR count). The Balaban J connectivity index is 1.73. The van der Waals surface area contributed by atoms with Crippen LogP contribution in [0.25, 0.3) is 10.8 Å². The monoisotopic (exact) mass is 393 g/mol. The van der Waals surface area contributed by atoms with Crippen LogP contribution in [-0.2, 0) is 11.2 Å². The summed E-state index contributed by atoms with van der Waals surface area (Å²) >= 11 is 0. The fraction of sp³-hybridized carbons (Fsp3) is 0.143. The van der Waals surface area contributed by atoms with Crippen LogP contribution in [0, 0.1) is 10.1 Å². The Labute approximate surface area is 166 Å². The maximum atomic E-state index is 12.2. The van der Waals surface area contributed by atoms with E-state index in [0.717, 1.165) is 22.4 Å². The molecule has 0 aliphatic heterocycles. The van der Waals surface area contributed by atoms with Crippen molar-refractivity contribution in [2.45, 2.75) is 13.3 Å². The van der Waals surface area contributed by atoms with E-state index in [1.165, 1.54) is 12.3 Å². The number of nitrogens with zero attached hydrogens (tertiary/aromatic N) is 2. The van der Waals surface area contributed by atoms with Crippen LogP contribution in [0.2, 0.25) is 0 Å². The zero-order chi connectivity index (χ0) is 20.8. The second kappa shape index (κ2) is 8.83. The summed E-state index contributed by atoms with van der Waals surface area (Å²) in [5.74, 6) is -0.893. The Morgan fingerprint density at radius 2 is 2.00 bits per heavy atom. The lowest BCUT2D eigenvalue weighted by atomic mass is 10.0. The number of hydrogen-bond donors (Lipinski definition) is 2. The van der Waals surface area contributed by atoms with E-state index in [9.17, 15) is 20.0 Å². The van der Waals surface area contributed by atoms with Crippen molar-refractivity contribution in [2.75, 3.05) is 6.61 Å². The average Bonchev–Trinajstić information content (AvgIpc) is 2.70. The molecule has 0 spiro atoms. The van der Waals surface area contributed by atoms with E-state index < -0.39 is 16.4 Å². The number of hydrogen-bond acceptors (Lipinski definition) is 6. The van der Waals surface area contributed by atoms with Crippen LogP contribution in [0.3, 0.4) is 0 Å². The summed E-state index contributed by atoms with van der Waals surface area (Å²) in [7, 11) is 0. The first-order valence-corrected chi connectivity index (χ1v) is 8.92. The van der Waals surface area contributed by atoms with E-state index in [1.54, 1.807) is 6.92 Å². The molecule has 0 saturated carbocycles. The van der Waals surface area contributed by atoms with Gasteiger partial charge in [-0.15, -0.1) is 0 Å². The summed E-state index contributed by atoms with van der Waals surface area (Å²) in [6.07, 6.45) is 1.40. The Morgan fingerprint density at radius 3 is 2.76 bits per heavy atom. The lowest BCUT2D eigenvalue weighted by molar-refractivity contribution is -0.386. The summed E-state index contributed by atoms with van der Waals surface area (Å²) in [6, 6.07) is 16.1. The molecule has 0 radical (unpaired) electrons. The number of phenolic OH excluding ortho intramolecular Hbond substituents is 1. The van der Waals surface area contributed by atoms with E-state index in [2.05, 4.69) is 10.5 Å². The molecular weight excluding hydrogens is 374 g/mol. The van der Waals surface area contributed by atoms with Crippen LogP contribution in [-0.4, -0.2) is 28.8 Å². The number of nitro groups is 1. The highest BCUT2D eigenvalue weighted by Gasteiger charge is 2.19. The highest BCUT2D eigenvalue weighted by molar-refractivity contribution is 5.91. The van der Waals surface area contributed by atoms with Gasteiger partial charge < -0.3 is 9.84 Å². The Hall–Kier alpha value is -3.94.